The Kier molecular flexibility index (Phi) is 5.82. The summed E-state index contributed by atoms with van der Waals surface area (Å²) in [5, 5.41) is 4.11. The molecule has 0 saturated heterocycles. The number of sulfonamides is 1. The molecule has 1 N–H and O–H groups in total. The molecule has 0 aliphatic heterocycles. The number of benzene rings is 1. The van der Waals surface area contributed by atoms with Gasteiger partial charge in [-0.2, -0.15) is 5.10 Å². The molecule has 1 amide bonds. The highest BCUT2D eigenvalue weighted by Gasteiger charge is 2.29. The molecule has 1 aromatic carbocycles. The number of hydrogen-bond acceptors (Lipinski definition) is 5. The Morgan fingerprint density at radius 1 is 1.25 bits per heavy atom. The minimum atomic E-state index is -3.64. The van der Waals surface area contributed by atoms with Crippen LogP contribution in [-0.4, -0.2) is 39.4 Å². The molecule has 1 fully saturated rings. The fraction of sp³-hybridized carbons (Fsp3) is 0.500. The summed E-state index contributed by atoms with van der Waals surface area (Å²) in [4.78, 5) is 12.3. The van der Waals surface area contributed by atoms with Crippen LogP contribution in [0.2, 0.25) is 0 Å². The van der Waals surface area contributed by atoms with E-state index in [0.29, 0.717) is 11.4 Å². The zero-order valence-corrected chi connectivity index (χ0v) is 15.0. The van der Waals surface area contributed by atoms with Crippen molar-refractivity contribution in [2.75, 3.05) is 17.7 Å². The second-order valence-corrected chi connectivity index (χ2v) is 7.65. The Morgan fingerprint density at radius 2 is 1.83 bits per heavy atom. The van der Waals surface area contributed by atoms with Crippen LogP contribution < -0.4 is 14.5 Å². The molecule has 1 aliphatic carbocycles. The smallest absolute Gasteiger partial charge is 0.263 e. The van der Waals surface area contributed by atoms with Gasteiger partial charge in [0.15, 0.2) is 0 Å². The molecule has 2 rings (SSSR count). The molecule has 1 aromatic rings. The lowest BCUT2D eigenvalue weighted by atomic mass is 10.2. The van der Waals surface area contributed by atoms with E-state index in [1.54, 1.807) is 24.3 Å². The van der Waals surface area contributed by atoms with E-state index in [-0.39, 0.29) is 0 Å². The van der Waals surface area contributed by atoms with Crippen molar-refractivity contribution in [3.8, 4) is 5.75 Å². The molecule has 0 spiro atoms. The fourth-order valence-electron chi connectivity index (χ4n) is 2.66. The minimum absolute atomic E-state index is 0.398. The Balaban J connectivity index is 2.19. The predicted molar refractivity (Wildman–Crippen MR) is 93.8 cm³/mol. The molecule has 7 nitrogen and oxygen atoms in total. The number of carbonyl (C=O) groups is 1. The SMILES string of the molecule is COc1ccc(N([C@@H](C)C(=O)NN=C2CCCC2)S(C)(=O)=O)cc1. The zero-order chi connectivity index (χ0) is 17.7. The molecule has 0 bridgehead atoms. The van der Waals surface area contributed by atoms with Crippen LogP contribution >= 0.6 is 0 Å². The Hall–Kier alpha value is -2.09. The van der Waals surface area contributed by atoms with E-state index in [4.69, 9.17) is 4.74 Å². The van der Waals surface area contributed by atoms with E-state index in [2.05, 4.69) is 10.5 Å². The van der Waals surface area contributed by atoms with Crippen molar-refractivity contribution in [2.24, 2.45) is 5.10 Å². The summed E-state index contributed by atoms with van der Waals surface area (Å²) < 4.78 is 30.5. The average Bonchev–Trinajstić information content (AvgIpc) is 3.05. The summed E-state index contributed by atoms with van der Waals surface area (Å²) in [6.07, 6.45) is 4.98. The average molecular weight is 353 g/mol. The number of rotatable bonds is 6. The van der Waals surface area contributed by atoms with E-state index in [1.165, 1.54) is 14.0 Å². The third kappa shape index (κ3) is 4.47. The molecule has 8 heteroatoms. The second-order valence-electron chi connectivity index (χ2n) is 5.79. The van der Waals surface area contributed by atoms with Crippen LogP contribution in [0, 0.1) is 0 Å². The van der Waals surface area contributed by atoms with Crippen molar-refractivity contribution in [3.05, 3.63) is 24.3 Å². The van der Waals surface area contributed by atoms with Gasteiger partial charge in [0.2, 0.25) is 10.0 Å². The van der Waals surface area contributed by atoms with Gasteiger partial charge in [0.25, 0.3) is 5.91 Å². The molecule has 1 saturated carbocycles. The first-order chi connectivity index (χ1) is 11.3. The molecule has 0 unspecified atom stereocenters. The molecular weight excluding hydrogens is 330 g/mol. The fourth-order valence-corrected chi connectivity index (χ4v) is 3.84. The molecule has 24 heavy (non-hydrogen) atoms. The zero-order valence-electron chi connectivity index (χ0n) is 14.2. The van der Waals surface area contributed by atoms with E-state index in [0.717, 1.165) is 42.0 Å². The molecule has 0 radical (unpaired) electrons. The normalized spacial score (nSPS) is 15.7. The summed E-state index contributed by atoms with van der Waals surface area (Å²) in [5.74, 6) is 0.146. The second kappa shape index (κ2) is 7.65. The first-order valence-corrected chi connectivity index (χ1v) is 9.66. The van der Waals surface area contributed by atoms with Gasteiger partial charge in [0.1, 0.15) is 11.8 Å². The summed E-state index contributed by atoms with van der Waals surface area (Å²) in [6, 6.07) is 5.59. The first kappa shape index (κ1) is 18.3. The van der Waals surface area contributed by atoms with E-state index >= 15 is 0 Å². The predicted octanol–water partition coefficient (Wildman–Crippen LogP) is 1.90. The van der Waals surface area contributed by atoms with Crippen molar-refractivity contribution in [1.29, 1.82) is 0 Å². The van der Waals surface area contributed by atoms with Gasteiger partial charge in [0, 0.05) is 5.71 Å². The van der Waals surface area contributed by atoms with Crippen molar-refractivity contribution >= 4 is 27.3 Å². The molecule has 0 heterocycles. The monoisotopic (exact) mass is 353 g/mol. The summed E-state index contributed by atoms with van der Waals surface area (Å²) in [6.45, 7) is 1.54. The molecular formula is C16H23N3O4S. The van der Waals surface area contributed by atoms with Gasteiger partial charge in [-0.1, -0.05) is 0 Å². The summed E-state index contributed by atoms with van der Waals surface area (Å²) in [7, 11) is -2.11. The number of hydrazone groups is 1. The van der Waals surface area contributed by atoms with Gasteiger partial charge in [-0.05, 0) is 56.9 Å². The van der Waals surface area contributed by atoms with E-state index in [9.17, 15) is 13.2 Å². The third-order valence-corrected chi connectivity index (χ3v) is 5.16. The van der Waals surface area contributed by atoms with Crippen molar-refractivity contribution in [3.63, 3.8) is 0 Å². The van der Waals surface area contributed by atoms with Gasteiger partial charge in [-0.3, -0.25) is 9.10 Å². The standard InChI is InChI=1S/C16H23N3O4S/c1-12(16(20)18-17-13-6-4-5-7-13)19(24(3,21)22)14-8-10-15(23-2)11-9-14/h8-12H,4-7H2,1-3H3,(H,18,20)/t12-/m0/s1. The molecule has 1 atom stereocenters. The Morgan fingerprint density at radius 3 is 2.33 bits per heavy atom. The largest absolute Gasteiger partial charge is 0.497 e. The van der Waals surface area contributed by atoms with Crippen LogP contribution in [0.4, 0.5) is 5.69 Å². The van der Waals surface area contributed by atoms with Crippen LogP contribution in [0.5, 0.6) is 5.75 Å². The van der Waals surface area contributed by atoms with Gasteiger partial charge >= 0.3 is 0 Å². The topological polar surface area (TPSA) is 88.1 Å². The lowest BCUT2D eigenvalue weighted by Crippen LogP contribution is -2.46. The van der Waals surface area contributed by atoms with Crippen molar-refractivity contribution in [1.82, 2.24) is 5.43 Å². The van der Waals surface area contributed by atoms with Gasteiger partial charge in [-0.15, -0.1) is 0 Å². The Bertz CT molecular complexity index is 705. The molecule has 0 aromatic heterocycles. The highest BCUT2D eigenvalue weighted by molar-refractivity contribution is 7.92. The van der Waals surface area contributed by atoms with Gasteiger partial charge in [-0.25, -0.2) is 13.8 Å². The van der Waals surface area contributed by atoms with Crippen LogP contribution in [0.15, 0.2) is 29.4 Å². The maximum absolute atomic E-state index is 12.3. The molecule has 1 aliphatic rings. The number of amides is 1. The van der Waals surface area contributed by atoms with E-state index < -0.39 is 22.0 Å². The quantitative estimate of drug-likeness (QED) is 0.791. The van der Waals surface area contributed by atoms with Gasteiger partial charge < -0.3 is 4.74 Å². The maximum atomic E-state index is 12.3. The highest BCUT2D eigenvalue weighted by Crippen LogP contribution is 2.24. The number of anilines is 1. The summed E-state index contributed by atoms with van der Waals surface area (Å²) >= 11 is 0. The number of carbonyl (C=O) groups excluding carboxylic acids is 1. The third-order valence-electron chi connectivity index (χ3n) is 3.92. The number of nitrogens with one attached hydrogen (secondary N) is 1. The number of ether oxygens (including phenoxy) is 1. The first-order valence-electron chi connectivity index (χ1n) is 7.81. The molecule has 132 valence electrons. The van der Waals surface area contributed by atoms with Crippen LogP contribution in [0.1, 0.15) is 32.6 Å². The number of nitrogens with zero attached hydrogens (tertiary/aromatic N) is 2. The van der Waals surface area contributed by atoms with Crippen LogP contribution in [0.25, 0.3) is 0 Å². The van der Waals surface area contributed by atoms with E-state index in [1.807, 2.05) is 0 Å². The van der Waals surface area contributed by atoms with Gasteiger partial charge in [0.05, 0.1) is 19.1 Å². The maximum Gasteiger partial charge on any atom is 0.263 e. The van der Waals surface area contributed by atoms with Crippen LogP contribution in [-0.2, 0) is 14.8 Å². The Labute approximate surface area is 142 Å². The van der Waals surface area contributed by atoms with Crippen molar-refractivity contribution in [2.45, 2.75) is 38.6 Å². The number of hydrogen-bond donors (Lipinski definition) is 1. The number of methoxy groups -OCH3 is 1. The van der Waals surface area contributed by atoms with Crippen LogP contribution in [0.3, 0.4) is 0 Å². The lowest BCUT2D eigenvalue weighted by Gasteiger charge is -2.27. The van der Waals surface area contributed by atoms with Crippen molar-refractivity contribution < 1.29 is 17.9 Å². The lowest BCUT2D eigenvalue weighted by molar-refractivity contribution is -0.121. The minimum Gasteiger partial charge on any atom is -0.497 e. The highest BCUT2D eigenvalue weighted by atomic mass is 32.2. The summed E-state index contributed by atoms with van der Waals surface area (Å²) in [5.41, 5.74) is 3.84.